The highest BCUT2D eigenvalue weighted by atomic mass is 35.5. The van der Waals surface area contributed by atoms with E-state index in [0.717, 1.165) is 0 Å². The predicted molar refractivity (Wildman–Crippen MR) is 91.2 cm³/mol. The smallest absolute Gasteiger partial charge is 0.269 e. The first-order valence-corrected chi connectivity index (χ1v) is 7.64. The summed E-state index contributed by atoms with van der Waals surface area (Å²) in [5.41, 5.74) is 0.684. The molecule has 0 fully saturated rings. The van der Waals surface area contributed by atoms with E-state index in [1.54, 1.807) is 50.4 Å². The number of hydrogen-bond donors (Lipinski definition) is 0. The van der Waals surface area contributed by atoms with Gasteiger partial charge in [0.05, 0.1) is 11.0 Å². The molecule has 126 valence electrons. The Bertz CT molecular complexity index is 734. The molecule has 1 atom stereocenters. The first-order chi connectivity index (χ1) is 11.4. The van der Waals surface area contributed by atoms with Gasteiger partial charge in [0.25, 0.3) is 11.6 Å². The van der Waals surface area contributed by atoms with Crippen molar-refractivity contribution in [2.45, 2.75) is 13.0 Å². The summed E-state index contributed by atoms with van der Waals surface area (Å²) >= 11 is 5.79. The molecule has 0 N–H and O–H groups in total. The second-order valence-corrected chi connectivity index (χ2v) is 5.71. The maximum absolute atomic E-state index is 12.3. The Kier molecular flexibility index (Phi) is 5.76. The van der Waals surface area contributed by atoms with Gasteiger partial charge in [-0.25, -0.2) is 0 Å². The third kappa shape index (κ3) is 4.45. The number of nitro groups is 1. The Morgan fingerprint density at radius 1 is 1.29 bits per heavy atom. The summed E-state index contributed by atoms with van der Waals surface area (Å²) in [4.78, 5) is 24.2. The van der Waals surface area contributed by atoms with Gasteiger partial charge >= 0.3 is 0 Å². The molecule has 6 nitrogen and oxygen atoms in total. The molecule has 0 heterocycles. The number of rotatable bonds is 6. The fourth-order valence-corrected chi connectivity index (χ4v) is 2.24. The van der Waals surface area contributed by atoms with E-state index in [2.05, 4.69) is 0 Å². The lowest BCUT2D eigenvalue weighted by atomic mass is 10.1. The van der Waals surface area contributed by atoms with Crippen molar-refractivity contribution in [2.75, 3.05) is 13.7 Å². The van der Waals surface area contributed by atoms with Crippen LogP contribution in [0.3, 0.4) is 0 Å². The minimum atomic E-state index is -0.457. The molecule has 0 aliphatic heterocycles. The van der Waals surface area contributed by atoms with Crippen molar-refractivity contribution in [1.82, 2.24) is 4.90 Å². The van der Waals surface area contributed by atoms with Gasteiger partial charge in [0, 0.05) is 24.2 Å². The van der Waals surface area contributed by atoms with Gasteiger partial charge in [-0.2, -0.15) is 0 Å². The van der Waals surface area contributed by atoms with Gasteiger partial charge < -0.3 is 9.64 Å². The average Bonchev–Trinajstić information content (AvgIpc) is 2.59. The summed E-state index contributed by atoms with van der Waals surface area (Å²) in [5.74, 6) is 0.313. The summed E-state index contributed by atoms with van der Waals surface area (Å²) < 4.78 is 5.43. The van der Waals surface area contributed by atoms with Crippen molar-refractivity contribution < 1.29 is 14.5 Å². The van der Waals surface area contributed by atoms with Crippen LogP contribution in [0, 0.1) is 10.1 Å². The number of carbonyl (C=O) groups is 1. The van der Waals surface area contributed by atoms with Gasteiger partial charge in [0.2, 0.25) is 0 Å². The molecule has 2 aromatic carbocycles. The maximum atomic E-state index is 12.3. The minimum absolute atomic E-state index is 0.00221. The van der Waals surface area contributed by atoms with E-state index in [-0.39, 0.29) is 24.2 Å². The van der Waals surface area contributed by atoms with Crippen molar-refractivity contribution in [2.24, 2.45) is 0 Å². The van der Waals surface area contributed by atoms with Crippen LogP contribution in [0.4, 0.5) is 5.69 Å². The second-order valence-electron chi connectivity index (χ2n) is 5.28. The molecule has 0 aromatic heterocycles. The quantitative estimate of drug-likeness (QED) is 0.587. The number of likely N-dealkylation sites (N-methyl/N-ethyl adjacent to an activating group) is 1. The summed E-state index contributed by atoms with van der Waals surface area (Å²) in [6, 6.07) is 12.6. The largest absolute Gasteiger partial charge is 0.484 e. The fraction of sp³-hybridized carbons (Fsp3) is 0.235. The standard InChI is InChI=1S/C17H17ClN2O4/c1-12(13-4-3-5-15(10-13)20(22)23)19(2)17(21)11-24-16-8-6-14(18)7-9-16/h3-10,12H,11H2,1-2H3/t12-/m1/s1. The Hall–Kier alpha value is -2.60. The zero-order chi connectivity index (χ0) is 17.7. The third-order valence-corrected chi connectivity index (χ3v) is 3.97. The van der Waals surface area contributed by atoms with Gasteiger partial charge in [-0.15, -0.1) is 0 Å². The summed E-state index contributed by atoms with van der Waals surface area (Å²) in [6.45, 7) is 1.68. The van der Waals surface area contributed by atoms with Crippen LogP contribution in [0.5, 0.6) is 5.75 Å². The van der Waals surface area contributed by atoms with Gasteiger partial charge in [0.15, 0.2) is 6.61 Å². The molecule has 0 saturated carbocycles. The van der Waals surface area contributed by atoms with E-state index in [9.17, 15) is 14.9 Å². The van der Waals surface area contributed by atoms with Crippen molar-refractivity contribution in [1.29, 1.82) is 0 Å². The molecule has 7 heteroatoms. The van der Waals surface area contributed by atoms with E-state index < -0.39 is 4.92 Å². The molecule has 2 rings (SSSR count). The molecule has 0 radical (unpaired) electrons. The Labute approximate surface area is 144 Å². The number of halogens is 1. The van der Waals surface area contributed by atoms with Crippen LogP contribution in [-0.2, 0) is 4.79 Å². The van der Waals surface area contributed by atoms with E-state index in [4.69, 9.17) is 16.3 Å². The number of nitrogens with zero attached hydrogens (tertiary/aromatic N) is 2. The van der Waals surface area contributed by atoms with E-state index in [1.165, 1.54) is 17.0 Å². The Morgan fingerprint density at radius 3 is 2.58 bits per heavy atom. The number of amides is 1. The number of carbonyl (C=O) groups excluding carboxylic acids is 1. The van der Waals surface area contributed by atoms with Crippen LogP contribution >= 0.6 is 11.6 Å². The van der Waals surface area contributed by atoms with Crippen LogP contribution in [0.1, 0.15) is 18.5 Å². The zero-order valence-corrected chi connectivity index (χ0v) is 14.1. The highest BCUT2D eigenvalue weighted by Crippen LogP contribution is 2.23. The van der Waals surface area contributed by atoms with Gasteiger partial charge in [-0.1, -0.05) is 23.7 Å². The SMILES string of the molecule is C[C@H](c1cccc([N+](=O)[O-])c1)N(C)C(=O)COc1ccc(Cl)cc1. The van der Waals surface area contributed by atoms with Gasteiger partial charge in [-0.05, 0) is 36.8 Å². The van der Waals surface area contributed by atoms with E-state index in [1.807, 2.05) is 0 Å². The Balaban J connectivity index is 2.00. The summed E-state index contributed by atoms with van der Waals surface area (Å²) in [5, 5.41) is 11.4. The zero-order valence-electron chi connectivity index (χ0n) is 13.3. The van der Waals surface area contributed by atoms with E-state index >= 15 is 0 Å². The van der Waals surface area contributed by atoms with Crippen molar-refractivity contribution >= 4 is 23.2 Å². The lowest BCUT2D eigenvalue weighted by Gasteiger charge is -2.25. The van der Waals surface area contributed by atoms with Crippen LogP contribution in [0.15, 0.2) is 48.5 Å². The first-order valence-electron chi connectivity index (χ1n) is 7.27. The minimum Gasteiger partial charge on any atom is -0.484 e. The first kappa shape index (κ1) is 17.7. The van der Waals surface area contributed by atoms with Crippen molar-refractivity contribution in [3.05, 3.63) is 69.2 Å². The molecule has 0 saturated heterocycles. The second kappa shape index (κ2) is 7.79. The summed E-state index contributed by atoms with van der Waals surface area (Å²) in [6.07, 6.45) is 0. The number of ether oxygens (including phenoxy) is 1. The topological polar surface area (TPSA) is 72.7 Å². The lowest BCUT2D eigenvalue weighted by molar-refractivity contribution is -0.384. The molecular formula is C17H17ClN2O4. The molecule has 0 spiro atoms. The maximum Gasteiger partial charge on any atom is 0.269 e. The number of non-ortho nitro benzene ring substituents is 1. The molecule has 0 unspecified atom stereocenters. The summed E-state index contributed by atoms with van der Waals surface area (Å²) in [7, 11) is 1.64. The average molecular weight is 349 g/mol. The van der Waals surface area contributed by atoms with Gasteiger partial charge in [0.1, 0.15) is 5.75 Å². The highest BCUT2D eigenvalue weighted by molar-refractivity contribution is 6.30. The van der Waals surface area contributed by atoms with Gasteiger partial charge in [-0.3, -0.25) is 14.9 Å². The molecule has 24 heavy (non-hydrogen) atoms. The van der Waals surface area contributed by atoms with E-state index in [0.29, 0.717) is 16.3 Å². The predicted octanol–water partition coefficient (Wildman–Crippen LogP) is 3.85. The Morgan fingerprint density at radius 2 is 1.96 bits per heavy atom. The molecule has 0 bridgehead atoms. The van der Waals surface area contributed by atoms with Crippen molar-refractivity contribution in [3.63, 3.8) is 0 Å². The fourth-order valence-electron chi connectivity index (χ4n) is 2.12. The lowest BCUT2D eigenvalue weighted by Crippen LogP contribution is -2.33. The highest BCUT2D eigenvalue weighted by Gasteiger charge is 2.19. The van der Waals surface area contributed by atoms with Crippen LogP contribution < -0.4 is 4.74 Å². The third-order valence-electron chi connectivity index (χ3n) is 3.71. The molecule has 0 aliphatic rings. The number of benzene rings is 2. The molecule has 0 aliphatic carbocycles. The normalized spacial score (nSPS) is 11.6. The van der Waals surface area contributed by atoms with Crippen molar-refractivity contribution in [3.8, 4) is 5.75 Å². The molecule has 2 aromatic rings. The number of hydrogen-bond acceptors (Lipinski definition) is 4. The number of nitro benzene ring substituents is 1. The van der Waals surface area contributed by atoms with Crippen LogP contribution in [0.2, 0.25) is 5.02 Å². The monoisotopic (exact) mass is 348 g/mol. The van der Waals surface area contributed by atoms with Crippen LogP contribution in [0.25, 0.3) is 0 Å². The van der Waals surface area contributed by atoms with Crippen LogP contribution in [-0.4, -0.2) is 29.4 Å². The molecular weight excluding hydrogens is 332 g/mol. The molecule has 1 amide bonds.